The first kappa shape index (κ1) is 20.9. The topological polar surface area (TPSA) is 0 Å². The maximum Gasteiger partial charge on any atom is 0.0406 e. The lowest BCUT2D eigenvalue weighted by Gasteiger charge is -2.21. The Kier molecular flexibility index (Phi) is 4.52. The average Bonchev–Trinajstić information content (AvgIpc) is 3.36. The smallest absolute Gasteiger partial charge is 0.0406 e. The van der Waals surface area contributed by atoms with Crippen molar-refractivity contribution in [2.24, 2.45) is 0 Å². The van der Waals surface area contributed by atoms with Crippen molar-refractivity contribution in [3.8, 4) is 33.4 Å². The number of halogens is 1. The molecule has 0 atom stereocenters. The molecule has 0 amide bonds. The van der Waals surface area contributed by atoms with Gasteiger partial charge in [-0.25, -0.2) is 0 Å². The lowest BCUT2D eigenvalue weighted by atomic mass is 9.82. The highest BCUT2D eigenvalue weighted by Gasteiger charge is 2.35. The molecule has 2 heteroatoms. The van der Waals surface area contributed by atoms with E-state index in [2.05, 4.69) is 105 Å². The number of benzene rings is 5. The average molecular weight is 487 g/mol. The van der Waals surface area contributed by atoms with Crippen LogP contribution >= 0.6 is 22.9 Å². The van der Waals surface area contributed by atoms with Crippen LogP contribution in [0.25, 0.3) is 53.6 Å². The van der Waals surface area contributed by atoms with Crippen molar-refractivity contribution in [1.82, 2.24) is 0 Å². The number of thiophene rings is 1. The highest BCUT2D eigenvalue weighted by atomic mass is 35.5. The van der Waals surface area contributed by atoms with Gasteiger partial charge in [0.2, 0.25) is 0 Å². The van der Waals surface area contributed by atoms with E-state index in [-0.39, 0.29) is 5.41 Å². The molecule has 0 N–H and O–H groups in total. The standard InChI is InChI=1S/C33H23ClS/c1-33(2)29-6-4-3-5-25(29)27-17-21(10-15-30(27)33)22-11-16-31-28(18-22)26-14-9-23(19-32(26)35-31)20-7-12-24(34)13-8-20/h3-19H,1-2H3. The third-order valence-electron chi connectivity index (χ3n) is 7.57. The highest BCUT2D eigenvalue weighted by molar-refractivity contribution is 7.25. The summed E-state index contributed by atoms with van der Waals surface area (Å²) in [7, 11) is 0. The molecule has 7 rings (SSSR count). The number of hydrogen-bond acceptors (Lipinski definition) is 1. The predicted octanol–water partition coefficient (Wildman–Crippen LogP) is 10.3. The normalized spacial score (nSPS) is 13.8. The minimum absolute atomic E-state index is 0.0414. The fraction of sp³-hybridized carbons (Fsp3) is 0.0909. The quantitative estimate of drug-likeness (QED) is 0.228. The summed E-state index contributed by atoms with van der Waals surface area (Å²) >= 11 is 7.95. The summed E-state index contributed by atoms with van der Waals surface area (Å²) in [5, 5.41) is 3.41. The van der Waals surface area contributed by atoms with Crippen LogP contribution in [0.5, 0.6) is 0 Å². The summed E-state index contributed by atoms with van der Waals surface area (Å²) in [4.78, 5) is 0. The molecule has 0 spiro atoms. The fourth-order valence-corrected chi connectivity index (χ4v) is 6.93. The molecular weight excluding hydrogens is 464 g/mol. The Balaban J connectivity index is 1.34. The van der Waals surface area contributed by atoms with Crippen LogP contribution in [0.4, 0.5) is 0 Å². The molecule has 0 saturated carbocycles. The first-order chi connectivity index (χ1) is 17.0. The van der Waals surface area contributed by atoms with E-state index in [0.29, 0.717) is 0 Å². The molecule has 0 saturated heterocycles. The molecule has 0 unspecified atom stereocenters. The summed E-state index contributed by atoms with van der Waals surface area (Å²) in [6.07, 6.45) is 0. The van der Waals surface area contributed by atoms with Gasteiger partial charge in [-0.1, -0.05) is 92.2 Å². The van der Waals surface area contributed by atoms with Gasteiger partial charge in [0.25, 0.3) is 0 Å². The van der Waals surface area contributed by atoms with Gasteiger partial charge in [-0.15, -0.1) is 11.3 Å². The summed E-state index contributed by atoms with van der Waals surface area (Å²) in [6.45, 7) is 4.67. The van der Waals surface area contributed by atoms with Gasteiger partial charge in [-0.05, 0) is 80.9 Å². The number of hydrogen-bond donors (Lipinski definition) is 0. The monoisotopic (exact) mass is 486 g/mol. The third-order valence-corrected chi connectivity index (χ3v) is 8.95. The molecule has 1 aliphatic rings. The van der Waals surface area contributed by atoms with Crippen LogP contribution in [0.1, 0.15) is 25.0 Å². The SMILES string of the molecule is CC1(C)c2ccccc2-c2cc(-c3ccc4sc5cc(-c6ccc(Cl)cc6)ccc5c4c3)ccc21. The molecule has 35 heavy (non-hydrogen) atoms. The van der Waals surface area contributed by atoms with Gasteiger partial charge in [-0.2, -0.15) is 0 Å². The van der Waals surface area contributed by atoms with Gasteiger partial charge in [0.05, 0.1) is 0 Å². The van der Waals surface area contributed by atoms with E-state index in [1.165, 1.54) is 64.7 Å². The maximum atomic E-state index is 6.08. The zero-order chi connectivity index (χ0) is 23.7. The van der Waals surface area contributed by atoms with Gasteiger partial charge < -0.3 is 0 Å². The summed E-state index contributed by atoms with van der Waals surface area (Å²) in [6, 6.07) is 37.6. The van der Waals surface area contributed by atoms with Gasteiger partial charge >= 0.3 is 0 Å². The predicted molar refractivity (Wildman–Crippen MR) is 153 cm³/mol. The molecule has 5 aromatic carbocycles. The maximum absolute atomic E-state index is 6.08. The van der Waals surface area contributed by atoms with Crippen molar-refractivity contribution in [3.63, 3.8) is 0 Å². The van der Waals surface area contributed by atoms with E-state index < -0.39 is 0 Å². The van der Waals surface area contributed by atoms with Crippen LogP contribution in [0, 0.1) is 0 Å². The van der Waals surface area contributed by atoms with Crippen LogP contribution in [-0.2, 0) is 5.41 Å². The van der Waals surface area contributed by atoms with E-state index in [0.717, 1.165) is 5.02 Å². The van der Waals surface area contributed by atoms with Crippen LogP contribution in [0.3, 0.4) is 0 Å². The second-order valence-corrected chi connectivity index (χ2v) is 11.5. The Bertz CT molecular complexity index is 1770. The Morgan fingerprint density at radius 3 is 2.06 bits per heavy atom. The van der Waals surface area contributed by atoms with E-state index in [1.807, 2.05) is 23.5 Å². The Morgan fingerprint density at radius 2 is 1.20 bits per heavy atom. The molecule has 0 fully saturated rings. The third kappa shape index (κ3) is 3.19. The number of rotatable bonds is 2. The van der Waals surface area contributed by atoms with Crippen molar-refractivity contribution in [2.75, 3.05) is 0 Å². The van der Waals surface area contributed by atoms with Crippen molar-refractivity contribution in [3.05, 3.63) is 119 Å². The van der Waals surface area contributed by atoms with Gasteiger partial charge in [0.1, 0.15) is 0 Å². The van der Waals surface area contributed by atoms with Crippen molar-refractivity contribution in [2.45, 2.75) is 19.3 Å². The van der Waals surface area contributed by atoms with E-state index >= 15 is 0 Å². The van der Waals surface area contributed by atoms with Crippen LogP contribution in [-0.4, -0.2) is 0 Å². The molecule has 1 heterocycles. The van der Waals surface area contributed by atoms with Gasteiger partial charge in [0, 0.05) is 30.6 Å². The van der Waals surface area contributed by atoms with Crippen LogP contribution in [0.15, 0.2) is 103 Å². The Hall–Kier alpha value is -3.39. The summed E-state index contributed by atoms with van der Waals surface area (Å²) in [5.74, 6) is 0. The van der Waals surface area contributed by atoms with Gasteiger partial charge in [-0.3, -0.25) is 0 Å². The summed E-state index contributed by atoms with van der Waals surface area (Å²) in [5.41, 5.74) is 10.6. The highest BCUT2D eigenvalue weighted by Crippen LogP contribution is 2.49. The van der Waals surface area contributed by atoms with Gasteiger partial charge in [0.15, 0.2) is 0 Å². The van der Waals surface area contributed by atoms with E-state index in [9.17, 15) is 0 Å². The van der Waals surface area contributed by atoms with Crippen molar-refractivity contribution < 1.29 is 0 Å². The summed E-state index contributed by atoms with van der Waals surface area (Å²) < 4.78 is 2.64. The number of fused-ring (bicyclic) bond motifs is 6. The van der Waals surface area contributed by atoms with Crippen LogP contribution < -0.4 is 0 Å². The zero-order valence-electron chi connectivity index (χ0n) is 19.6. The molecule has 0 radical (unpaired) electrons. The zero-order valence-corrected chi connectivity index (χ0v) is 21.2. The minimum atomic E-state index is 0.0414. The first-order valence-corrected chi connectivity index (χ1v) is 13.2. The minimum Gasteiger partial charge on any atom is -0.135 e. The molecule has 6 aromatic rings. The molecular formula is C33H23ClS. The molecule has 0 bridgehead atoms. The fourth-order valence-electron chi connectivity index (χ4n) is 5.68. The molecule has 1 aliphatic carbocycles. The molecule has 0 aliphatic heterocycles. The first-order valence-electron chi connectivity index (χ1n) is 12.0. The second-order valence-electron chi connectivity index (χ2n) is 9.96. The van der Waals surface area contributed by atoms with Crippen molar-refractivity contribution in [1.29, 1.82) is 0 Å². The Labute approximate surface area is 214 Å². The van der Waals surface area contributed by atoms with E-state index in [4.69, 9.17) is 11.6 Å². The van der Waals surface area contributed by atoms with Crippen LogP contribution in [0.2, 0.25) is 5.02 Å². The van der Waals surface area contributed by atoms with Crippen molar-refractivity contribution >= 4 is 43.1 Å². The van der Waals surface area contributed by atoms with E-state index in [1.54, 1.807) is 0 Å². The lowest BCUT2D eigenvalue weighted by molar-refractivity contribution is 0.660. The molecule has 0 nitrogen and oxygen atoms in total. The molecule has 168 valence electrons. The molecule has 1 aromatic heterocycles. The lowest BCUT2D eigenvalue weighted by Crippen LogP contribution is -2.14. The second kappa shape index (κ2) is 7.55. The largest absolute Gasteiger partial charge is 0.135 e. The Morgan fingerprint density at radius 1 is 0.543 bits per heavy atom.